The van der Waals surface area contributed by atoms with Crippen molar-refractivity contribution in [1.82, 2.24) is 0 Å². The van der Waals surface area contributed by atoms with Crippen molar-refractivity contribution in [3.05, 3.63) is 212 Å². The minimum Gasteiger partial charge on any atom is -0.456 e. The van der Waals surface area contributed by atoms with Crippen LogP contribution < -0.4 is 4.90 Å². The quantitative estimate of drug-likeness (QED) is 0.165. The van der Waals surface area contributed by atoms with Crippen LogP contribution in [0.5, 0.6) is 0 Å². The summed E-state index contributed by atoms with van der Waals surface area (Å²) >= 11 is 0. The molecular formula is C52H35NO. The van der Waals surface area contributed by atoms with E-state index in [-0.39, 0.29) is 29.7 Å². The van der Waals surface area contributed by atoms with Crippen LogP contribution in [0, 0.1) is 0 Å². The predicted octanol–water partition coefficient (Wildman–Crippen LogP) is 14.9. The maximum absolute atomic E-state index is 8.52. The minimum atomic E-state index is -0.402. The lowest BCUT2D eigenvalue weighted by Gasteiger charge is -2.26. The smallest absolute Gasteiger partial charge is 0.135 e. The predicted molar refractivity (Wildman–Crippen MR) is 228 cm³/mol. The molecule has 0 saturated carbocycles. The monoisotopic (exact) mass is 694 g/mol. The van der Waals surface area contributed by atoms with Crippen LogP contribution in [-0.2, 0) is 0 Å². The standard InChI is InChI=1S/C52H35NO/c1-3-9-36(10-4-1)38-21-27-46(28-22-38)53(47-29-23-39(24-30-47)37-11-5-2-6-12-37)48-31-25-43-33-42(19-20-44(43)34-48)40-15-17-41(18-16-40)45-26-32-52-50(35-45)49-13-7-8-14-51(49)54-52/h1-35H/i1D,3D,4D,9D,10D. The fourth-order valence-corrected chi connectivity index (χ4v) is 7.36. The van der Waals surface area contributed by atoms with Crippen molar-refractivity contribution < 1.29 is 11.3 Å². The molecule has 0 unspecified atom stereocenters. The molecule has 0 spiro atoms. The van der Waals surface area contributed by atoms with Gasteiger partial charge in [0.1, 0.15) is 11.2 Å². The van der Waals surface area contributed by atoms with Gasteiger partial charge in [-0.2, -0.15) is 0 Å². The summed E-state index contributed by atoms with van der Waals surface area (Å²) in [7, 11) is 0. The van der Waals surface area contributed by atoms with Gasteiger partial charge in [-0.05, 0) is 116 Å². The van der Waals surface area contributed by atoms with Crippen molar-refractivity contribution >= 4 is 49.8 Å². The Morgan fingerprint density at radius 2 is 0.815 bits per heavy atom. The van der Waals surface area contributed by atoms with Crippen molar-refractivity contribution in [2.45, 2.75) is 0 Å². The molecule has 2 heteroatoms. The van der Waals surface area contributed by atoms with Crippen molar-refractivity contribution in [2.24, 2.45) is 0 Å². The lowest BCUT2D eigenvalue weighted by atomic mass is 9.97. The van der Waals surface area contributed by atoms with Gasteiger partial charge in [0.15, 0.2) is 0 Å². The molecule has 0 amide bonds. The topological polar surface area (TPSA) is 16.4 Å². The first-order chi connectivity index (χ1) is 28.8. The van der Waals surface area contributed by atoms with Gasteiger partial charge in [-0.15, -0.1) is 0 Å². The third kappa shape index (κ3) is 5.90. The van der Waals surface area contributed by atoms with Gasteiger partial charge in [0.05, 0.1) is 6.85 Å². The van der Waals surface area contributed by atoms with E-state index in [4.69, 9.17) is 11.3 Å². The van der Waals surface area contributed by atoms with Gasteiger partial charge < -0.3 is 9.32 Å². The Hall–Kier alpha value is -7.16. The summed E-state index contributed by atoms with van der Waals surface area (Å²) in [5, 5.41) is 4.44. The van der Waals surface area contributed by atoms with E-state index in [1.165, 1.54) is 0 Å². The van der Waals surface area contributed by atoms with Crippen molar-refractivity contribution in [1.29, 1.82) is 0 Å². The SMILES string of the molecule is [2H]c1c([2H])c([2H])c(-c2ccc(N(c3ccc(-c4ccccc4)cc3)c3ccc4cc(-c5ccc(-c6ccc7oc8ccccc8c7c6)cc5)ccc4c3)cc2)c([2H])c1[2H]. The zero-order chi connectivity index (χ0) is 40.2. The third-order valence-corrected chi connectivity index (χ3v) is 10.2. The third-order valence-electron chi connectivity index (χ3n) is 10.2. The lowest BCUT2D eigenvalue weighted by molar-refractivity contribution is 0.669. The van der Waals surface area contributed by atoms with E-state index >= 15 is 0 Å². The van der Waals surface area contributed by atoms with Crippen molar-refractivity contribution in [3.8, 4) is 44.5 Å². The van der Waals surface area contributed by atoms with Gasteiger partial charge in [0.2, 0.25) is 0 Å². The second-order valence-electron chi connectivity index (χ2n) is 13.4. The lowest BCUT2D eigenvalue weighted by Crippen LogP contribution is -2.09. The molecule has 10 rings (SSSR count). The van der Waals surface area contributed by atoms with Crippen LogP contribution in [0.15, 0.2) is 217 Å². The molecule has 0 bridgehead atoms. The Morgan fingerprint density at radius 1 is 0.333 bits per heavy atom. The molecule has 9 aromatic carbocycles. The van der Waals surface area contributed by atoms with Crippen LogP contribution >= 0.6 is 0 Å². The maximum Gasteiger partial charge on any atom is 0.135 e. The molecule has 10 aromatic rings. The fraction of sp³-hybridized carbons (Fsp3) is 0. The van der Waals surface area contributed by atoms with Crippen LogP contribution in [-0.4, -0.2) is 0 Å². The van der Waals surface area contributed by atoms with Crippen LogP contribution in [0.25, 0.3) is 77.2 Å². The Balaban J connectivity index is 0.986. The first-order valence-corrected chi connectivity index (χ1v) is 18.0. The molecule has 54 heavy (non-hydrogen) atoms. The first-order valence-electron chi connectivity index (χ1n) is 20.5. The number of para-hydroxylation sites is 1. The van der Waals surface area contributed by atoms with E-state index in [9.17, 15) is 0 Å². The van der Waals surface area contributed by atoms with Gasteiger partial charge >= 0.3 is 0 Å². The molecule has 0 aliphatic heterocycles. The fourth-order valence-electron chi connectivity index (χ4n) is 7.36. The summed E-state index contributed by atoms with van der Waals surface area (Å²) in [6.07, 6.45) is 0. The Morgan fingerprint density at radius 3 is 1.54 bits per heavy atom. The summed E-state index contributed by atoms with van der Waals surface area (Å²) in [5.41, 5.74) is 12.1. The number of hydrogen-bond acceptors (Lipinski definition) is 2. The van der Waals surface area contributed by atoms with Gasteiger partial charge in [-0.1, -0.05) is 152 Å². The highest BCUT2D eigenvalue weighted by molar-refractivity contribution is 6.06. The second kappa shape index (κ2) is 13.4. The number of fused-ring (bicyclic) bond motifs is 4. The van der Waals surface area contributed by atoms with Crippen LogP contribution in [0.4, 0.5) is 17.1 Å². The highest BCUT2D eigenvalue weighted by Gasteiger charge is 2.15. The minimum absolute atomic E-state index is 0.182. The molecule has 0 aliphatic carbocycles. The van der Waals surface area contributed by atoms with Gasteiger partial charge in [0.25, 0.3) is 0 Å². The van der Waals surface area contributed by atoms with Gasteiger partial charge in [-0.25, -0.2) is 0 Å². The van der Waals surface area contributed by atoms with Crippen LogP contribution in [0.2, 0.25) is 0 Å². The Labute approximate surface area is 321 Å². The van der Waals surface area contributed by atoms with Crippen molar-refractivity contribution in [3.63, 3.8) is 0 Å². The number of rotatable bonds is 7. The van der Waals surface area contributed by atoms with Crippen molar-refractivity contribution in [2.75, 3.05) is 4.90 Å². The highest BCUT2D eigenvalue weighted by atomic mass is 16.3. The molecular weight excluding hydrogens is 655 g/mol. The molecule has 0 radical (unpaired) electrons. The number of anilines is 3. The molecule has 0 atom stereocenters. The van der Waals surface area contributed by atoms with E-state index < -0.39 is 6.04 Å². The average molecular weight is 695 g/mol. The molecule has 1 heterocycles. The Bertz CT molecular complexity index is 3170. The van der Waals surface area contributed by atoms with E-state index in [2.05, 4.69) is 126 Å². The summed E-state index contributed by atoms with van der Waals surface area (Å²) in [6, 6.07) is 61.0. The number of hydrogen-bond donors (Lipinski definition) is 0. The van der Waals surface area contributed by atoms with Crippen LogP contribution in [0.3, 0.4) is 0 Å². The molecule has 0 fully saturated rings. The largest absolute Gasteiger partial charge is 0.456 e. The molecule has 2 nitrogen and oxygen atoms in total. The highest BCUT2D eigenvalue weighted by Crippen LogP contribution is 2.39. The first kappa shape index (κ1) is 26.6. The van der Waals surface area contributed by atoms with E-state index in [0.29, 0.717) is 5.56 Å². The molecule has 1 aromatic heterocycles. The summed E-state index contributed by atoms with van der Waals surface area (Å²) in [4.78, 5) is 2.18. The summed E-state index contributed by atoms with van der Waals surface area (Å²) < 4.78 is 47.5. The zero-order valence-electron chi connectivity index (χ0n) is 34.2. The summed E-state index contributed by atoms with van der Waals surface area (Å²) in [6.45, 7) is 0. The average Bonchev–Trinajstić information content (AvgIpc) is 3.67. The normalized spacial score (nSPS) is 12.6. The van der Waals surface area contributed by atoms with Gasteiger partial charge in [-0.3, -0.25) is 0 Å². The number of benzene rings is 9. The van der Waals surface area contributed by atoms with E-state index in [0.717, 1.165) is 83.2 Å². The Kier molecular flexibility index (Phi) is 6.61. The molecule has 254 valence electrons. The van der Waals surface area contributed by atoms with E-state index in [1.807, 2.05) is 60.7 Å². The number of nitrogens with zero attached hydrogens (tertiary/aromatic N) is 1. The molecule has 0 N–H and O–H groups in total. The van der Waals surface area contributed by atoms with E-state index in [1.54, 1.807) is 0 Å². The summed E-state index contributed by atoms with van der Waals surface area (Å²) in [5.74, 6) is 0. The maximum atomic E-state index is 8.52. The molecule has 0 aliphatic rings. The second-order valence-corrected chi connectivity index (χ2v) is 13.4. The van der Waals surface area contributed by atoms with Crippen LogP contribution in [0.1, 0.15) is 6.85 Å². The molecule has 0 saturated heterocycles. The number of furan rings is 1. The zero-order valence-corrected chi connectivity index (χ0v) is 29.2. The van der Waals surface area contributed by atoms with Gasteiger partial charge in [0, 0.05) is 27.8 Å².